The van der Waals surface area contributed by atoms with Gasteiger partial charge in [-0.25, -0.2) is 0 Å². The average Bonchev–Trinajstić information content (AvgIpc) is 3.64. The number of hydrogen-bond acceptors (Lipinski definition) is 8. The molecule has 9 heteroatoms. The number of ether oxygens (including phenoxy) is 2. The van der Waals surface area contributed by atoms with Gasteiger partial charge in [-0.1, -0.05) is 42.5 Å². The summed E-state index contributed by atoms with van der Waals surface area (Å²) >= 11 is 1.74. The summed E-state index contributed by atoms with van der Waals surface area (Å²) in [6.45, 7) is 3.31. The number of aryl methyl sites for hydroxylation is 1. The number of nitrogens with one attached hydrogen (secondary N) is 1. The minimum Gasteiger partial charge on any atom is -0.469 e. The van der Waals surface area contributed by atoms with E-state index in [0.717, 1.165) is 59.3 Å². The molecule has 1 aromatic heterocycles. The van der Waals surface area contributed by atoms with Crippen LogP contribution in [0.2, 0.25) is 0 Å². The van der Waals surface area contributed by atoms with Crippen molar-refractivity contribution in [3.8, 4) is 0 Å². The third-order valence-corrected chi connectivity index (χ3v) is 9.91. The molecule has 1 N–H and O–H groups in total. The van der Waals surface area contributed by atoms with Gasteiger partial charge in [0.05, 0.1) is 37.5 Å². The second-order valence-electron chi connectivity index (χ2n) is 11.8. The Kier molecular flexibility index (Phi) is 9.52. The number of methoxy groups -OCH3 is 1. The van der Waals surface area contributed by atoms with Gasteiger partial charge in [0.2, 0.25) is 5.91 Å². The molecule has 0 unspecified atom stereocenters. The van der Waals surface area contributed by atoms with E-state index < -0.39 is 0 Å². The number of carbonyl (C=O) groups is 2. The summed E-state index contributed by atoms with van der Waals surface area (Å²) < 4.78 is 17.3. The highest BCUT2D eigenvalue weighted by Gasteiger charge is 2.37. The summed E-state index contributed by atoms with van der Waals surface area (Å²) in [4.78, 5) is 33.4. The Hall–Kier alpha value is -3.82. The van der Waals surface area contributed by atoms with Crippen LogP contribution in [0.4, 0.5) is 11.7 Å². The van der Waals surface area contributed by atoms with Crippen molar-refractivity contribution < 1.29 is 23.5 Å². The van der Waals surface area contributed by atoms with Gasteiger partial charge >= 0.3 is 5.97 Å². The SMILES string of the molecule is COC(=O)C1CCC(OC[C@@H]2C[C@H](Sc3ccccc3)N(C(=O)Cc3ccc4nc(Nc5ccccc5C)oc4c3)C2)CC1. The molecule has 0 bridgehead atoms. The molecular weight excluding hydrogens is 574 g/mol. The van der Waals surface area contributed by atoms with Gasteiger partial charge in [0.15, 0.2) is 5.58 Å². The highest BCUT2D eigenvalue weighted by atomic mass is 32.2. The van der Waals surface area contributed by atoms with Crippen LogP contribution in [-0.4, -0.2) is 53.5 Å². The molecule has 1 aliphatic heterocycles. The van der Waals surface area contributed by atoms with Crippen molar-refractivity contribution in [2.75, 3.05) is 25.6 Å². The van der Waals surface area contributed by atoms with Gasteiger partial charge in [-0.05, 0) is 80.5 Å². The van der Waals surface area contributed by atoms with Crippen LogP contribution in [0.15, 0.2) is 82.1 Å². The van der Waals surface area contributed by atoms with Crippen molar-refractivity contribution >= 4 is 46.4 Å². The van der Waals surface area contributed by atoms with Gasteiger partial charge in [-0.15, -0.1) is 11.8 Å². The van der Waals surface area contributed by atoms with E-state index >= 15 is 0 Å². The average molecular weight is 614 g/mol. The van der Waals surface area contributed by atoms with Crippen molar-refractivity contribution in [2.24, 2.45) is 11.8 Å². The first-order chi connectivity index (χ1) is 21.4. The van der Waals surface area contributed by atoms with Crippen LogP contribution < -0.4 is 5.32 Å². The lowest BCUT2D eigenvalue weighted by Gasteiger charge is -2.28. The van der Waals surface area contributed by atoms with Crippen LogP contribution in [0, 0.1) is 18.8 Å². The Morgan fingerprint density at radius 3 is 2.57 bits per heavy atom. The first-order valence-corrected chi connectivity index (χ1v) is 16.3. The lowest BCUT2D eigenvalue weighted by molar-refractivity contribution is -0.147. The summed E-state index contributed by atoms with van der Waals surface area (Å²) in [6.07, 6.45) is 4.65. The number of likely N-dealkylation sites (tertiary alicyclic amines) is 1. The fourth-order valence-corrected chi connectivity index (χ4v) is 7.50. The molecule has 6 rings (SSSR count). The minimum absolute atomic E-state index is 0.0156. The summed E-state index contributed by atoms with van der Waals surface area (Å²) in [7, 11) is 1.45. The minimum atomic E-state index is -0.115. The maximum absolute atomic E-state index is 13.8. The molecule has 0 radical (unpaired) electrons. The van der Waals surface area contributed by atoms with Crippen molar-refractivity contribution in [1.82, 2.24) is 9.88 Å². The molecule has 8 nitrogen and oxygen atoms in total. The number of oxazole rings is 1. The smallest absolute Gasteiger partial charge is 0.308 e. The number of hydrogen-bond donors (Lipinski definition) is 1. The van der Waals surface area contributed by atoms with Crippen molar-refractivity contribution in [1.29, 1.82) is 0 Å². The zero-order valence-corrected chi connectivity index (χ0v) is 26.1. The Morgan fingerprint density at radius 1 is 1.02 bits per heavy atom. The van der Waals surface area contributed by atoms with E-state index in [2.05, 4.69) is 22.4 Å². The summed E-state index contributed by atoms with van der Waals surface area (Å²) in [5.74, 6) is 0.219. The normalized spacial score (nSPS) is 21.8. The molecule has 3 aromatic carbocycles. The highest BCUT2D eigenvalue weighted by Crippen LogP contribution is 2.37. The predicted octanol–water partition coefficient (Wildman–Crippen LogP) is 7.14. The molecule has 230 valence electrons. The van der Waals surface area contributed by atoms with Gasteiger partial charge in [0, 0.05) is 23.0 Å². The number of benzene rings is 3. The Morgan fingerprint density at radius 2 is 1.80 bits per heavy atom. The van der Waals surface area contributed by atoms with Crippen LogP contribution in [0.3, 0.4) is 0 Å². The standard InChI is InChI=1S/C35H39N3O5S/c1-23-8-6-7-11-29(23)36-35-37-30-17-12-24(18-31(30)43-35)19-32(39)38-21-25(20-33(38)44-28-9-4-3-5-10-28)22-42-27-15-13-26(14-16-27)34(40)41-2/h3-12,17-18,25-27,33H,13-16,19-22H2,1-2H3,(H,36,37)/t25-,26?,27?,33+/m1/s1. The molecule has 2 fully saturated rings. The van der Waals surface area contributed by atoms with Crippen LogP contribution in [0.1, 0.15) is 43.2 Å². The van der Waals surface area contributed by atoms with Crippen molar-refractivity contribution in [3.05, 3.63) is 83.9 Å². The number of fused-ring (bicyclic) bond motifs is 1. The van der Waals surface area contributed by atoms with Gasteiger partial charge in [-0.2, -0.15) is 4.98 Å². The Labute approximate surface area is 262 Å². The highest BCUT2D eigenvalue weighted by molar-refractivity contribution is 7.99. The fraction of sp³-hybridized carbons (Fsp3) is 0.400. The van der Waals surface area contributed by atoms with Crippen LogP contribution in [0.5, 0.6) is 0 Å². The number of carbonyl (C=O) groups excluding carboxylic acids is 2. The van der Waals surface area contributed by atoms with E-state index in [1.165, 1.54) is 7.11 Å². The third-order valence-electron chi connectivity index (χ3n) is 8.64. The van der Waals surface area contributed by atoms with E-state index in [9.17, 15) is 9.59 Å². The second-order valence-corrected chi connectivity index (χ2v) is 13.1. The molecule has 1 saturated carbocycles. The second kappa shape index (κ2) is 13.9. The Bertz CT molecular complexity index is 1580. The third kappa shape index (κ3) is 7.27. The van der Waals surface area contributed by atoms with Crippen molar-refractivity contribution in [2.45, 2.75) is 61.8 Å². The number of aromatic nitrogens is 1. The Balaban J connectivity index is 1.10. The number of esters is 1. The molecule has 0 spiro atoms. The molecular formula is C35H39N3O5S. The van der Waals surface area contributed by atoms with E-state index in [4.69, 9.17) is 13.9 Å². The van der Waals surface area contributed by atoms with Gasteiger partial charge < -0.3 is 24.1 Å². The molecule has 44 heavy (non-hydrogen) atoms. The number of nitrogens with zero attached hydrogens (tertiary/aromatic N) is 2. The molecule has 4 aromatic rings. The van der Waals surface area contributed by atoms with Gasteiger partial charge in [0.1, 0.15) is 5.52 Å². The van der Waals surface area contributed by atoms with E-state index in [-0.39, 0.29) is 41.6 Å². The summed E-state index contributed by atoms with van der Waals surface area (Å²) in [5, 5.41) is 3.29. The molecule has 1 saturated heterocycles. The number of anilines is 2. The molecule has 2 aliphatic rings. The van der Waals surface area contributed by atoms with E-state index in [0.29, 0.717) is 24.7 Å². The molecule has 2 atom stereocenters. The first kappa shape index (κ1) is 30.2. The molecule has 2 heterocycles. The lowest BCUT2D eigenvalue weighted by atomic mass is 9.87. The predicted molar refractivity (Wildman–Crippen MR) is 172 cm³/mol. The first-order valence-electron chi connectivity index (χ1n) is 15.4. The van der Waals surface area contributed by atoms with Crippen molar-refractivity contribution in [3.63, 3.8) is 0 Å². The van der Waals surface area contributed by atoms with E-state index in [1.807, 2.05) is 72.5 Å². The monoisotopic (exact) mass is 613 g/mol. The summed E-state index contributed by atoms with van der Waals surface area (Å²) in [5.41, 5.74) is 4.33. The van der Waals surface area contributed by atoms with Gasteiger partial charge in [0.25, 0.3) is 6.01 Å². The lowest BCUT2D eigenvalue weighted by Crippen LogP contribution is -2.35. The molecule has 1 aliphatic carbocycles. The topological polar surface area (TPSA) is 93.9 Å². The zero-order valence-electron chi connectivity index (χ0n) is 25.2. The zero-order chi connectivity index (χ0) is 30.5. The number of thioether (sulfide) groups is 1. The maximum Gasteiger partial charge on any atom is 0.308 e. The van der Waals surface area contributed by atoms with Crippen LogP contribution >= 0.6 is 11.8 Å². The maximum atomic E-state index is 13.8. The van der Waals surface area contributed by atoms with Gasteiger partial charge in [-0.3, -0.25) is 9.59 Å². The number of para-hydroxylation sites is 1. The largest absolute Gasteiger partial charge is 0.469 e. The quantitative estimate of drug-likeness (QED) is 0.189. The van der Waals surface area contributed by atoms with Crippen LogP contribution in [-0.2, 0) is 25.5 Å². The van der Waals surface area contributed by atoms with E-state index in [1.54, 1.807) is 11.8 Å². The fourth-order valence-electron chi connectivity index (χ4n) is 6.17. The van der Waals surface area contributed by atoms with Crippen LogP contribution in [0.25, 0.3) is 11.1 Å². The number of amides is 1. The summed E-state index contributed by atoms with van der Waals surface area (Å²) in [6, 6.07) is 24.5. The number of rotatable bonds is 10. The molecule has 1 amide bonds.